The lowest BCUT2D eigenvalue weighted by Gasteiger charge is -2.26. The Morgan fingerprint density at radius 1 is 0.283 bits per heavy atom. The van der Waals surface area contributed by atoms with E-state index in [-0.39, 0.29) is 0 Å². The Kier molecular flexibility index (Phi) is 7.86. The smallest absolute Gasteiger partial charge is 0.0462 e. The van der Waals surface area contributed by atoms with Gasteiger partial charge in [0.15, 0.2) is 0 Å². The van der Waals surface area contributed by atoms with Crippen molar-refractivity contribution >= 4 is 70.5 Å². The molecule has 1 nitrogen and oxygen atoms in total. The minimum absolute atomic E-state index is 1.06. The van der Waals surface area contributed by atoms with Gasteiger partial charge in [0, 0.05) is 26.0 Å². The molecule has 53 heavy (non-hydrogen) atoms. The molecule has 1 aliphatic rings. The zero-order valence-corrected chi connectivity index (χ0v) is 31.8. The van der Waals surface area contributed by atoms with Crippen LogP contribution in [0.3, 0.4) is 0 Å². The number of rotatable bonds is 6. The van der Waals surface area contributed by atoms with Crippen LogP contribution in [0.15, 0.2) is 197 Å². The Bertz CT molecular complexity index is 2670. The zero-order valence-electron chi connectivity index (χ0n) is 28.6. The zero-order chi connectivity index (χ0) is 35.5. The summed E-state index contributed by atoms with van der Waals surface area (Å²) in [7, 11) is 0. The van der Waals surface area contributed by atoms with Crippen molar-refractivity contribution in [3.8, 4) is 55.6 Å². The Morgan fingerprint density at radius 3 is 1.21 bits per heavy atom. The van der Waals surface area contributed by atoms with Gasteiger partial charge in [-0.2, -0.15) is 0 Å². The van der Waals surface area contributed by atoms with Crippen LogP contribution in [0, 0.1) is 0 Å². The highest BCUT2D eigenvalue weighted by Gasteiger charge is 2.31. The van der Waals surface area contributed by atoms with Crippen molar-refractivity contribution in [1.29, 1.82) is 0 Å². The Hall–Kier alpha value is -5.74. The maximum Gasteiger partial charge on any atom is 0.0462 e. The van der Waals surface area contributed by atoms with Gasteiger partial charge in [-0.05, 0) is 138 Å². The van der Waals surface area contributed by atoms with Crippen molar-refractivity contribution in [2.75, 3.05) is 4.90 Å². The molecule has 0 saturated carbocycles. The molecule has 3 heteroatoms. The van der Waals surface area contributed by atoms with Crippen molar-refractivity contribution < 1.29 is 0 Å². The summed E-state index contributed by atoms with van der Waals surface area (Å²) >= 11 is 7.23. The third-order valence-electron chi connectivity index (χ3n) is 10.5. The first-order chi connectivity index (χ1) is 26.1. The summed E-state index contributed by atoms with van der Waals surface area (Å²) < 4.78 is 2.11. The lowest BCUT2D eigenvalue weighted by Crippen LogP contribution is -2.09. The van der Waals surface area contributed by atoms with E-state index in [1.165, 1.54) is 77.2 Å². The number of anilines is 3. The van der Waals surface area contributed by atoms with E-state index in [1.54, 1.807) is 0 Å². The monoisotopic (exact) mass is 803 g/mol. The Balaban J connectivity index is 1.18. The molecule has 0 amide bonds. The van der Waals surface area contributed by atoms with Crippen molar-refractivity contribution in [2.24, 2.45) is 0 Å². The van der Waals surface area contributed by atoms with Crippen LogP contribution < -0.4 is 4.90 Å². The predicted octanol–water partition coefficient (Wildman–Crippen LogP) is 15.6. The lowest BCUT2D eigenvalue weighted by molar-refractivity contribution is 1.28. The van der Waals surface area contributed by atoms with Crippen LogP contribution in [-0.2, 0) is 0 Å². The summed E-state index contributed by atoms with van der Waals surface area (Å²) in [4.78, 5) is 2.30. The maximum atomic E-state index is 3.61. The van der Waals surface area contributed by atoms with E-state index in [1.807, 2.05) is 0 Å². The van der Waals surface area contributed by atoms with Gasteiger partial charge in [-0.25, -0.2) is 0 Å². The second-order valence-corrected chi connectivity index (χ2v) is 15.3. The molecule has 0 bridgehead atoms. The van der Waals surface area contributed by atoms with Gasteiger partial charge in [0.1, 0.15) is 0 Å². The van der Waals surface area contributed by atoms with E-state index in [4.69, 9.17) is 0 Å². The van der Waals surface area contributed by atoms with Gasteiger partial charge in [-0.3, -0.25) is 0 Å². The third-order valence-corrected chi connectivity index (χ3v) is 11.6. The van der Waals surface area contributed by atoms with Gasteiger partial charge in [0.25, 0.3) is 0 Å². The second-order valence-electron chi connectivity index (χ2n) is 13.5. The Labute approximate surface area is 326 Å². The summed E-state index contributed by atoms with van der Waals surface area (Å²) in [6.07, 6.45) is 0. The molecule has 0 fully saturated rings. The van der Waals surface area contributed by atoms with Crippen molar-refractivity contribution in [3.63, 3.8) is 0 Å². The molecule has 10 rings (SSSR count). The topological polar surface area (TPSA) is 3.24 Å². The molecule has 0 unspecified atom stereocenters. The van der Waals surface area contributed by atoms with Crippen LogP contribution in [-0.4, -0.2) is 0 Å². The largest absolute Gasteiger partial charge is 0.311 e. The molecule has 1 aliphatic carbocycles. The molecule has 0 radical (unpaired) electrons. The quantitative estimate of drug-likeness (QED) is 0.162. The minimum atomic E-state index is 1.06. The van der Waals surface area contributed by atoms with E-state index in [0.29, 0.717) is 0 Å². The van der Waals surface area contributed by atoms with E-state index in [9.17, 15) is 0 Å². The molecule has 0 heterocycles. The molecular formula is C50H31Br2N. The highest BCUT2D eigenvalue weighted by Crippen LogP contribution is 2.58. The summed E-state index contributed by atoms with van der Waals surface area (Å²) in [5.74, 6) is 0. The second kappa shape index (κ2) is 13.0. The maximum absolute atomic E-state index is 3.61. The van der Waals surface area contributed by atoms with Gasteiger partial charge in [-0.1, -0.05) is 159 Å². The van der Waals surface area contributed by atoms with Gasteiger partial charge in [0.05, 0.1) is 0 Å². The molecule has 0 saturated heterocycles. The first-order valence-electron chi connectivity index (χ1n) is 17.8. The number of nitrogens with zero attached hydrogens (tertiary/aromatic N) is 1. The molecule has 0 atom stereocenters. The normalized spacial score (nSPS) is 11.6. The lowest BCUT2D eigenvalue weighted by atomic mass is 9.82. The molecule has 0 aromatic heterocycles. The van der Waals surface area contributed by atoms with Crippen LogP contribution in [0.4, 0.5) is 17.1 Å². The number of halogens is 2. The van der Waals surface area contributed by atoms with E-state index in [2.05, 4.69) is 225 Å². The number of hydrogen-bond acceptors (Lipinski definition) is 1. The first kappa shape index (κ1) is 32.0. The third kappa shape index (κ3) is 5.34. The van der Waals surface area contributed by atoms with Crippen LogP contribution >= 0.6 is 31.9 Å². The summed E-state index contributed by atoms with van der Waals surface area (Å²) in [6.45, 7) is 0. The van der Waals surface area contributed by atoms with Gasteiger partial charge in [0.2, 0.25) is 0 Å². The average Bonchev–Trinajstić information content (AvgIpc) is 3.54. The van der Waals surface area contributed by atoms with E-state index in [0.717, 1.165) is 26.0 Å². The van der Waals surface area contributed by atoms with Gasteiger partial charge >= 0.3 is 0 Å². The standard InChI is InChI=1S/C50H31Br2N/c51-35-20-26-38(27-21-35)53(39-28-22-36(52)23-29-39)37-24-18-32(19-25-37)40-30-31-45-48-41(40)16-9-17-44(48)49-46(33-10-3-1-4-11-33)42-14-7-8-15-43(42)47(50(45)49)34-12-5-2-6-13-34/h1-31H. The van der Waals surface area contributed by atoms with Crippen LogP contribution in [0.1, 0.15) is 0 Å². The van der Waals surface area contributed by atoms with Crippen LogP contribution in [0.2, 0.25) is 0 Å². The highest BCUT2D eigenvalue weighted by molar-refractivity contribution is 9.10. The van der Waals surface area contributed by atoms with Crippen LogP contribution in [0.5, 0.6) is 0 Å². The van der Waals surface area contributed by atoms with Crippen molar-refractivity contribution in [3.05, 3.63) is 197 Å². The average molecular weight is 806 g/mol. The van der Waals surface area contributed by atoms with Crippen molar-refractivity contribution in [2.45, 2.75) is 0 Å². The Morgan fingerprint density at radius 2 is 0.698 bits per heavy atom. The molecule has 0 spiro atoms. The predicted molar refractivity (Wildman–Crippen MR) is 232 cm³/mol. The first-order valence-corrected chi connectivity index (χ1v) is 19.4. The highest BCUT2D eigenvalue weighted by atomic mass is 79.9. The van der Waals surface area contributed by atoms with E-state index < -0.39 is 0 Å². The number of benzene rings is 9. The minimum Gasteiger partial charge on any atom is -0.311 e. The summed E-state index contributed by atoms with van der Waals surface area (Å²) in [6, 6.07) is 68.4. The summed E-state index contributed by atoms with van der Waals surface area (Å²) in [5, 5.41) is 5.14. The number of fused-ring (bicyclic) bond motifs is 4. The fourth-order valence-electron chi connectivity index (χ4n) is 8.28. The molecule has 250 valence electrons. The van der Waals surface area contributed by atoms with Crippen LogP contribution in [0.25, 0.3) is 77.2 Å². The molecule has 9 aromatic rings. The fourth-order valence-corrected chi connectivity index (χ4v) is 8.81. The van der Waals surface area contributed by atoms with Gasteiger partial charge < -0.3 is 4.90 Å². The van der Waals surface area contributed by atoms with Crippen molar-refractivity contribution in [1.82, 2.24) is 0 Å². The van der Waals surface area contributed by atoms with Gasteiger partial charge in [-0.15, -0.1) is 0 Å². The fraction of sp³-hybridized carbons (Fsp3) is 0. The molecule has 0 aliphatic heterocycles. The number of hydrogen-bond donors (Lipinski definition) is 0. The molecule has 9 aromatic carbocycles. The molecule has 0 N–H and O–H groups in total. The SMILES string of the molecule is Brc1ccc(N(c2ccc(Br)cc2)c2ccc(-c3ccc4c5c(cccc35)-c3c-4c(-c4ccccc4)c4ccccc4c3-c3ccccc3)cc2)cc1. The van der Waals surface area contributed by atoms with E-state index >= 15 is 0 Å². The molecular weight excluding hydrogens is 774 g/mol. The summed E-state index contributed by atoms with van der Waals surface area (Å²) in [5.41, 5.74) is 16.0.